The van der Waals surface area contributed by atoms with Gasteiger partial charge in [-0.2, -0.15) is 0 Å². The highest BCUT2D eigenvalue weighted by Gasteiger charge is 2.29. The molecule has 2 atom stereocenters. The van der Waals surface area contributed by atoms with Gasteiger partial charge in [-0.15, -0.1) is 0 Å². The van der Waals surface area contributed by atoms with E-state index in [4.69, 9.17) is 9.15 Å². The number of carbonyl (C=O) groups excluding carboxylic acids is 2. The number of likely N-dealkylation sites (N-methyl/N-ethyl adjacent to an activating group) is 1. The van der Waals surface area contributed by atoms with Crippen molar-refractivity contribution < 1.29 is 29.0 Å². The van der Waals surface area contributed by atoms with Gasteiger partial charge in [0, 0.05) is 43.1 Å². The van der Waals surface area contributed by atoms with Gasteiger partial charge in [-0.3, -0.25) is 14.4 Å². The van der Waals surface area contributed by atoms with Gasteiger partial charge in [0.05, 0.1) is 13.0 Å². The van der Waals surface area contributed by atoms with Gasteiger partial charge in [0.2, 0.25) is 23.0 Å². The molecule has 2 aromatic carbocycles. The molecule has 38 heavy (non-hydrogen) atoms. The van der Waals surface area contributed by atoms with Gasteiger partial charge in [-0.05, 0) is 36.2 Å². The zero-order valence-electron chi connectivity index (χ0n) is 21.2. The molecule has 4 rings (SSSR count). The maximum absolute atomic E-state index is 13.3. The summed E-state index contributed by atoms with van der Waals surface area (Å²) in [6, 6.07) is 12.3. The lowest BCUT2D eigenvalue weighted by atomic mass is 9.91. The molecule has 0 aliphatic rings. The largest absolute Gasteiger partial charge is 0.504 e. The SMILES string of the molecule is CNC(=O)C(Cc1c[nH]c2ccccc12)NC(=O)CC(c1ccc(O)c(OC)c1)c1oc(C)cc(=O)c1O. The number of rotatable bonds is 9. The first-order valence-electron chi connectivity index (χ1n) is 12.0. The van der Waals surface area contributed by atoms with E-state index in [1.54, 1.807) is 19.2 Å². The number of aromatic nitrogens is 1. The van der Waals surface area contributed by atoms with Crippen LogP contribution in [0.4, 0.5) is 0 Å². The summed E-state index contributed by atoms with van der Waals surface area (Å²) in [7, 11) is 2.87. The standard InChI is InChI=1S/C28H29N3O7/c1-15-10-23(33)26(35)27(38-15)19(16-8-9-22(32)24(12-16)37-3)13-25(34)31-21(28(36)29-2)11-17-14-30-20-7-5-4-6-18(17)20/h4-10,12,14,19,21,30,32,35H,11,13H2,1-3H3,(H,29,36)(H,31,34). The molecule has 0 saturated heterocycles. The second kappa shape index (κ2) is 11.1. The highest BCUT2D eigenvalue weighted by molar-refractivity contribution is 5.89. The van der Waals surface area contributed by atoms with Crippen LogP contribution in [0.2, 0.25) is 0 Å². The number of ether oxygens (including phenoxy) is 1. The van der Waals surface area contributed by atoms with E-state index in [1.807, 2.05) is 24.3 Å². The van der Waals surface area contributed by atoms with Gasteiger partial charge < -0.3 is 35.0 Å². The molecule has 5 N–H and O–H groups in total. The zero-order chi connectivity index (χ0) is 27.4. The van der Waals surface area contributed by atoms with Gasteiger partial charge in [-0.1, -0.05) is 24.3 Å². The summed E-state index contributed by atoms with van der Waals surface area (Å²) in [5.74, 6) is -2.27. The highest BCUT2D eigenvalue weighted by Crippen LogP contribution is 2.37. The van der Waals surface area contributed by atoms with Crippen molar-refractivity contribution in [2.45, 2.75) is 31.7 Å². The lowest BCUT2D eigenvalue weighted by molar-refractivity contribution is -0.128. The van der Waals surface area contributed by atoms with Crippen molar-refractivity contribution >= 4 is 22.7 Å². The Labute approximate surface area is 218 Å². The third kappa shape index (κ3) is 5.49. The number of fused-ring (bicyclic) bond motifs is 1. The predicted molar refractivity (Wildman–Crippen MR) is 140 cm³/mol. The molecule has 0 aliphatic carbocycles. The normalized spacial score (nSPS) is 12.6. The molecule has 0 spiro atoms. The summed E-state index contributed by atoms with van der Waals surface area (Å²) in [4.78, 5) is 41.5. The topological polar surface area (TPSA) is 154 Å². The number of aryl methyl sites for hydroxylation is 1. The molecule has 0 saturated carbocycles. The Balaban J connectivity index is 1.66. The molecule has 198 valence electrons. The third-order valence-electron chi connectivity index (χ3n) is 6.38. The predicted octanol–water partition coefficient (Wildman–Crippen LogP) is 2.84. The van der Waals surface area contributed by atoms with Crippen LogP contribution in [-0.2, 0) is 16.0 Å². The van der Waals surface area contributed by atoms with Gasteiger partial charge in [0.25, 0.3) is 0 Å². The van der Waals surface area contributed by atoms with Crippen LogP contribution in [0.1, 0.15) is 35.0 Å². The Morgan fingerprint density at radius 3 is 2.63 bits per heavy atom. The number of aromatic hydroxyl groups is 2. The summed E-state index contributed by atoms with van der Waals surface area (Å²) in [5.41, 5.74) is 1.57. The Hall–Kier alpha value is -4.73. The minimum atomic E-state index is -0.921. The van der Waals surface area contributed by atoms with Gasteiger partial charge in [-0.25, -0.2) is 0 Å². The molecule has 2 heterocycles. The highest BCUT2D eigenvalue weighted by atomic mass is 16.5. The number of phenolic OH excluding ortho intramolecular Hbond substituents is 1. The summed E-state index contributed by atoms with van der Waals surface area (Å²) < 4.78 is 10.9. The number of hydrogen-bond donors (Lipinski definition) is 5. The maximum atomic E-state index is 13.3. The van der Waals surface area contributed by atoms with Crippen molar-refractivity contribution in [3.63, 3.8) is 0 Å². The first kappa shape index (κ1) is 26.3. The number of phenols is 1. The molecule has 2 unspecified atom stereocenters. The number of amides is 2. The molecule has 4 aromatic rings. The number of H-pyrrole nitrogens is 1. The van der Waals surface area contributed by atoms with Crippen molar-refractivity contribution in [3.05, 3.63) is 87.6 Å². The number of benzene rings is 2. The minimum absolute atomic E-state index is 0.106. The number of nitrogens with one attached hydrogen (secondary N) is 3. The Morgan fingerprint density at radius 2 is 1.89 bits per heavy atom. The van der Waals surface area contributed by atoms with Crippen LogP contribution >= 0.6 is 0 Å². The van der Waals surface area contributed by atoms with Crippen LogP contribution in [0.3, 0.4) is 0 Å². The van der Waals surface area contributed by atoms with Crippen LogP contribution in [0.5, 0.6) is 17.2 Å². The smallest absolute Gasteiger partial charge is 0.242 e. The molecule has 0 bridgehead atoms. The van der Waals surface area contributed by atoms with Crippen molar-refractivity contribution in [2.75, 3.05) is 14.2 Å². The average Bonchev–Trinajstić information content (AvgIpc) is 3.31. The molecule has 0 fully saturated rings. The first-order chi connectivity index (χ1) is 18.2. The van der Waals surface area contributed by atoms with Gasteiger partial charge in [0.1, 0.15) is 11.8 Å². The zero-order valence-corrected chi connectivity index (χ0v) is 21.2. The molecular formula is C28H29N3O7. The minimum Gasteiger partial charge on any atom is -0.504 e. The fraction of sp³-hybridized carbons (Fsp3) is 0.250. The molecule has 10 heteroatoms. The summed E-state index contributed by atoms with van der Waals surface area (Å²) in [6.07, 6.45) is 1.77. The summed E-state index contributed by atoms with van der Waals surface area (Å²) >= 11 is 0. The van der Waals surface area contributed by atoms with Crippen LogP contribution in [0, 0.1) is 6.92 Å². The second-order valence-electron chi connectivity index (χ2n) is 8.92. The monoisotopic (exact) mass is 519 g/mol. The summed E-state index contributed by atoms with van der Waals surface area (Å²) in [5, 5.41) is 26.9. The molecule has 2 aromatic heterocycles. The number of methoxy groups -OCH3 is 1. The van der Waals surface area contributed by atoms with Crippen molar-refractivity contribution in [3.8, 4) is 17.2 Å². The van der Waals surface area contributed by atoms with Crippen molar-refractivity contribution in [1.82, 2.24) is 15.6 Å². The Bertz CT molecular complexity index is 1540. The van der Waals surface area contributed by atoms with E-state index in [0.29, 0.717) is 5.56 Å². The molecule has 0 aliphatic heterocycles. The van der Waals surface area contributed by atoms with Crippen LogP contribution in [0.15, 0.2) is 63.9 Å². The van der Waals surface area contributed by atoms with Gasteiger partial charge >= 0.3 is 0 Å². The second-order valence-corrected chi connectivity index (χ2v) is 8.92. The van der Waals surface area contributed by atoms with Crippen LogP contribution in [0.25, 0.3) is 10.9 Å². The third-order valence-corrected chi connectivity index (χ3v) is 6.38. The van der Waals surface area contributed by atoms with E-state index in [2.05, 4.69) is 15.6 Å². The molecule has 2 amide bonds. The lowest BCUT2D eigenvalue weighted by Gasteiger charge is -2.21. The van der Waals surface area contributed by atoms with E-state index >= 15 is 0 Å². The fourth-order valence-electron chi connectivity index (χ4n) is 4.48. The molecule has 0 radical (unpaired) electrons. The van der Waals surface area contributed by atoms with Crippen LogP contribution in [-0.4, -0.2) is 47.2 Å². The van der Waals surface area contributed by atoms with Crippen molar-refractivity contribution in [2.24, 2.45) is 0 Å². The maximum Gasteiger partial charge on any atom is 0.242 e. The Kier molecular flexibility index (Phi) is 7.71. The molecule has 10 nitrogen and oxygen atoms in total. The van der Waals surface area contributed by atoms with Gasteiger partial charge in [0.15, 0.2) is 17.3 Å². The van der Waals surface area contributed by atoms with Crippen molar-refractivity contribution in [1.29, 1.82) is 0 Å². The average molecular weight is 520 g/mol. The van der Waals surface area contributed by atoms with E-state index < -0.39 is 29.0 Å². The fourth-order valence-corrected chi connectivity index (χ4v) is 4.48. The number of aromatic amines is 1. The van der Waals surface area contributed by atoms with Crippen LogP contribution < -0.4 is 20.8 Å². The number of para-hydroxylation sites is 1. The molecular weight excluding hydrogens is 490 g/mol. The first-order valence-corrected chi connectivity index (χ1v) is 12.0. The van der Waals surface area contributed by atoms with E-state index in [1.165, 1.54) is 26.3 Å². The Morgan fingerprint density at radius 1 is 1.13 bits per heavy atom. The van der Waals surface area contributed by atoms with E-state index in [0.717, 1.165) is 22.5 Å². The number of carbonyl (C=O) groups is 2. The number of hydrogen-bond acceptors (Lipinski definition) is 7. The quantitative estimate of drug-likeness (QED) is 0.228. The summed E-state index contributed by atoms with van der Waals surface area (Å²) in [6.45, 7) is 1.56. The van der Waals surface area contributed by atoms with E-state index in [9.17, 15) is 24.6 Å². The lowest BCUT2D eigenvalue weighted by Crippen LogP contribution is -2.47. The van der Waals surface area contributed by atoms with E-state index in [-0.39, 0.29) is 41.8 Å².